The highest BCUT2D eigenvalue weighted by atomic mass is 35.5. The second-order valence-corrected chi connectivity index (χ2v) is 1.83. The van der Waals surface area contributed by atoms with Crippen LogP contribution in [0.15, 0.2) is 25.0 Å². The van der Waals surface area contributed by atoms with E-state index in [0.717, 1.165) is 6.42 Å². The molecule has 9 heavy (non-hydrogen) atoms. The maximum atomic E-state index is 5.34. The molecule has 0 saturated heterocycles. The standard InChI is InChI=1S/C7H11ClO/c1-2-3-4-6-9-7-5-8/h2,4,6H,1,3,5,7H2. The monoisotopic (exact) mass is 146 g/mol. The van der Waals surface area contributed by atoms with E-state index in [1.807, 2.05) is 6.08 Å². The summed E-state index contributed by atoms with van der Waals surface area (Å²) in [6.45, 7) is 4.12. The zero-order valence-corrected chi connectivity index (χ0v) is 6.10. The summed E-state index contributed by atoms with van der Waals surface area (Å²) >= 11 is 5.34. The van der Waals surface area contributed by atoms with Crippen molar-refractivity contribution in [3.8, 4) is 0 Å². The van der Waals surface area contributed by atoms with Crippen LogP contribution in [0, 0.1) is 0 Å². The van der Waals surface area contributed by atoms with E-state index in [4.69, 9.17) is 16.3 Å². The number of alkyl halides is 1. The van der Waals surface area contributed by atoms with E-state index in [0.29, 0.717) is 12.5 Å². The number of ether oxygens (including phenoxy) is 1. The highest BCUT2D eigenvalue weighted by Crippen LogP contribution is 1.85. The van der Waals surface area contributed by atoms with E-state index in [1.54, 1.807) is 12.3 Å². The Morgan fingerprint density at radius 1 is 1.56 bits per heavy atom. The van der Waals surface area contributed by atoms with Gasteiger partial charge in [-0.25, -0.2) is 0 Å². The van der Waals surface area contributed by atoms with Crippen molar-refractivity contribution in [2.75, 3.05) is 12.5 Å². The molecule has 0 aliphatic rings. The second-order valence-electron chi connectivity index (χ2n) is 1.46. The fraction of sp³-hybridized carbons (Fsp3) is 0.429. The molecular weight excluding hydrogens is 136 g/mol. The molecule has 0 atom stereocenters. The predicted molar refractivity (Wildman–Crippen MR) is 40.6 cm³/mol. The Labute approximate surface area is 61.0 Å². The molecule has 0 spiro atoms. The lowest BCUT2D eigenvalue weighted by Crippen LogP contribution is -1.85. The number of hydrogen-bond acceptors (Lipinski definition) is 1. The SMILES string of the molecule is C=CCC=COCCCl. The molecule has 52 valence electrons. The van der Waals surface area contributed by atoms with Crippen molar-refractivity contribution in [3.05, 3.63) is 25.0 Å². The number of hydrogen-bond donors (Lipinski definition) is 0. The van der Waals surface area contributed by atoms with Crippen LogP contribution in [0.4, 0.5) is 0 Å². The average Bonchev–Trinajstić information content (AvgIpc) is 1.89. The van der Waals surface area contributed by atoms with Crippen molar-refractivity contribution >= 4 is 11.6 Å². The molecule has 0 fully saturated rings. The molecule has 0 aromatic carbocycles. The third-order valence-corrected chi connectivity index (χ3v) is 0.845. The van der Waals surface area contributed by atoms with Gasteiger partial charge in [-0.3, -0.25) is 0 Å². The van der Waals surface area contributed by atoms with Crippen molar-refractivity contribution in [3.63, 3.8) is 0 Å². The molecule has 2 heteroatoms. The van der Waals surface area contributed by atoms with E-state index in [9.17, 15) is 0 Å². The minimum atomic E-state index is 0.540. The summed E-state index contributed by atoms with van der Waals surface area (Å²) in [5.74, 6) is 0.540. The average molecular weight is 147 g/mol. The highest BCUT2D eigenvalue weighted by molar-refractivity contribution is 6.17. The first-order chi connectivity index (χ1) is 4.41. The van der Waals surface area contributed by atoms with Gasteiger partial charge in [-0.1, -0.05) is 6.08 Å². The normalized spacial score (nSPS) is 9.89. The molecule has 0 unspecified atom stereocenters. The fourth-order valence-corrected chi connectivity index (χ4v) is 0.421. The third kappa shape index (κ3) is 7.57. The van der Waals surface area contributed by atoms with Crippen molar-refractivity contribution in [2.45, 2.75) is 6.42 Å². The molecule has 0 aliphatic carbocycles. The van der Waals surface area contributed by atoms with Gasteiger partial charge in [-0.2, -0.15) is 0 Å². The highest BCUT2D eigenvalue weighted by Gasteiger charge is 1.74. The van der Waals surface area contributed by atoms with Crippen molar-refractivity contribution in [2.24, 2.45) is 0 Å². The van der Waals surface area contributed by atoms with Gasteiger partial charge in [0.2, 0.25) is 0 Å². The minimum Gasteiger partial charge on any atom is -0.500 e. The quantitative estimate of drug-likeness (QED) is 0.250. The Morgan fingerprint density at radius 2 is 2.33 bits per heavy atom. The largest absolute Gasteiger partial charge is 0.500 e. The van der Waals surface area contributed by atoms with Crippen molar-refractivity contribution < 1.29 is 4.74 Å². The van der Waals surface area contributed by atoms with Gasteiger partial charge in [-0.05, 0) is 12.5 Å². The first kappa shape index (κ1) is 8.57. The van der Waals surface area contributed by atoms with Crippen LogP contribution in [0.5, 0.6) is 0 Å². The summed E-state index contributed by atoms with van der Waals surface area (Å²) in [7, 11) is 0. The van der Waals surface area contributed by atoms with Crippen LogP contribution in [-0.4, -0.2) is 12.5 Å². The number of halogens is 1. The molecule has 0 radical (unpaired) electrons. The maximum absolute atomic E-state index is 5.34. The molecule has 0 aromatic rings. The van der Waals surface area contributed by atoms with E-state index >= 15 is 0 Å². The van der Waals surface area contributed by atoms with Crippen LogP contribution in [0.2, 0.25) is 0 Å². The summed E-state index contributed by atoms with van der Waals surface area (Å²) in [6, 6.07) is 0. The third-order valence-electron chi connectivity index (χ3n) is 0.690. The Balaban J connectivity index is 2.94. The first-order valence-corrected chi connectivity index (χ1v) is 3.38. The van der Waals surface area contributed by atoms with Crippen molar-refractivity contribution in [1.29, 1.82) is 0 Å². The predicted octanol–water partition coefficient (Wildman–Crippen LogP) is 2.33. The number of allylic oxidation sites excluding steroid dienone is 2. The molecule has 0 saturated carbocycles. The lowest BCUT2D eigenvalue weighted by Gasteiger charge is -1.92. The van der Waals surface area contributed by atoms with E-state index in [2.05, 4.69) is 6.58 Å². The number of rotatable bonds is 5. The zero-order valence-electron chi connectivity index (χ0n) is 5.35. The van der Waals surface area contributed by atoms with Crippen LogP contribution >= 0.6 is 11.6 Å². The van der Waals surface area contributed by atoms with E-state index < -0.39 is 0 Å². The van der Waals surface area contributed by atoms with Crippen LogP contribution in [0.1, 0.15) is 6.42 Å². The van der Waals surface area contributed by atoms with E-state index in [1.165, 1.54) is 0 Å². The van der Waals surface area contributed by atoms with Gasteiger partial charge in [0.15, 0.2) is 0 Å². The smallest absolute Gasteiger partial charge is 0.101 e. The summed E-state index contributed by atoms with van der Waals surface area (Å²) in [5, 5.41) is 0. The van der Waals surface area contributed by atoms with Gasteiger partial charge < -0.3 is 4.74 Å². The molecule has 0 bridgehead atoms. The second kappa shape index (κ2) is 7.57. The summed E-state index contributed by atoms with van der Waals surface area (Å²) in [5.41, 5.74) is 0. The zero-order chi connectivity index (χ0) is 6.95. The Morgan fingerprint density at radius 3 is 2.89 bits per heavy atom. The molecule has 0 rings (SSSR count). The maximum Gasteiger partial charge on any atom is 0.101 e. The summed E-state index contributed by atoms with van der Waals surface area (Å²) in [4.78, 5) is 0. The Kier molecular flexibility index (Phi) is 7.21. The molecule has 0 amide bonds. The van der Waals surface area contributed by atoms with Crippen LogP contribution in [0.3, 0.4) is 0 Å². The molecule has 0 N–H and O–H groups in total. The van der Waals surface area contributed by atoms with E-state index in [-0.39, 0.29) is 0 Å². The van der Waals surface area contributed by atoms with Crippen molar-refractivity contribution in [1.82, 2.24) is 0 Å². The fourth-order valence-electron chi connectivity index (χ4n) is 0.332. The lowest BCUT2D eigenvalue weighted by molar-refractivity contribution is 0.271. The van der Waals surface area contributed by atoms with Crippen LogP contribution < -0.4 is 0 Å². The Hall–Kier alpha value is -0.430. The Bertz CT molecular complexity index is 88.9. The first-order valence-electron chi connectivity index (χ1n) is 2.85. The van der Waals surface area contributed by atoms with Gasteiger partial charge in [0.25, 0.3) is 0 Å². The van der Waals surface area contributed by atoms with Gasteiger partial charge in [0.05, 0.1) is 12.1 Å². The van der Waals surface area contributed by atoms with Gasteiger partial charge in [0.1, 0.15) is 6.61 Å². The molecule has 1 nitrogen and oxygen atoms in total. The van der Waals surface area contributed by atoms with Crippen LogP contribution in [-0.2, 0) is 4.74 Å². The van der Waals surface area contributed by atoms with Crippen LogP contribution in [0.25, 0.3) is 0 Å². The molecule has 0 aliphatic heterocycles. The summed E-state index contributed by atoms with van der Waals surface area (Å²) < 4.78 is 4.92. The van der Waals surface area contributed by atoms with Gasteiger partial charge in [0, 0.05) is 0 Å². The molecule has 0 aromatic heterocycles. The van der Waals surface area contributed by atoms with Gasteiger partial charge in [-0.15, -0.1) is 18.2 Å². The summed E-state index contributed by atoms with van der Waals surface area (Å²) in [6.07, 6.45) is 6.19. The lowest BCUT2D eigenvalue weighted by atomic mass is 10.4. The molecule has 0 heterocycles. The topological polar surface area (TPSA) is 9.23 Å². The minimum absolute atomic E-state index is 0.540. The molecular formula is C7H11ClO. The van der Waals surface area contributed by atoms with Gasteiger partial charge >= 0.3 is 0 Å².